The van der Waals surface area contributed by atoms with Gasteiger partial charge in [0, 0.05) is 13.1 Å². The lowest BCUT2D eigenvalue weighted by atomic mass is 10.2. The Hall–Kier alpha value is -2.69. The fourth-order valence-electron chi connectivity index (χ4n) is 2.68. The second-order valence-electron chi connectivity index (χ2n) is 5.91. The van der Waals surface area contributed by atoms with Crippen LogP contribution < -0.4 is 4.74 Å². The summed E-state index contributed by atoms with van der Waals surface area (Å²) in [6, 6.07) is 4.91. The summed E-state index contributed by atoms with van der Waals surface area (Å²) < 4.78 is 45.9. The summed E-state index contributed by atoms with van der Waals surface area (Å²) in [5.41, 5.74) is 0.342. The van der Waals surface area contributed by atoms with Crippen LogP contribution in [0.25, 0.3) is 5.69 Å². The number of hydrogen-bond acceptors (Lipinski definition) is 6. The zero-order valence-electron chi connectivity index (χ0n) is 14.0. The van der Waals surface area contributed by atoms with Crippen molar-refractivity contribution in [3.63, 3.8) is 0 Å². The third-order valence-corrected chi connectivity index (χ3v) is 3.61. The molecule has 0 N–H and O–H groups in total. The fraction of sp³-hybridized carbons (Fsp3) is 0.467. The molecular weight excluding hydrogens is 355 g/mol. The number of amides is 1. The lowest BCUT2D eigenvalue weighted by Gasteiger charge is -2.34. The molecule has 1 aromatic heterocycles. The zero-order chi connectivity index (χ0) is 18.9. The first-order valence-corrected chi connectivity index (χ1v) is 7.82. The van der Waals surface area contributed by atoms with Crippen LogP contribution in [0.2, 0.25) is 0 Å². The summed E-state index contributed by atoms with van der Waals surface area (Å²) in [6.07, 6.45) is -4.96. The number of carbonyl (C=O) groups is 1. The van der Waals surface area contributed by atoms with Crippen molar-refractivity contribution >= 4 is 5.91 Å². The molecule has 0 aliphatic carbocycles. The second kappa shape index (κ2) is 6.90. The quantitative estimate of drug-likeness (QED) is 0.819. The third kappa shape index (κ3) is 4.28. The molecule has 11 heteroatoms. The molecule has 0 saturated carbocycles. The first-order chi connectivity index (χ1) is 12.2. The highest BCUT2D eigenvalue weighted by molar-refractivity contribution is 5.90. The largest absolute Gasteiger partial charge is 0.573 e. The Morgan fingerprint density at radius 1 is 1.19 bits per heavy atom. The van der Waals surface area contributed by atoms with Gasteiger partial charge in [-0.25, -0.2) is 0 Å². The number of tetrazole rings is 1. The van der Waals surface area contributed by atoms with E-state index in [1.54, 1.807) is 4.90 Å². The van der Waals surface area contributed by atoms with Crippen LogP contribution in [-0.4, -0.2) is 62.7 Å². The molecule has 1 amide bonds. The van der Waals surface area contributed by atoms with Gasteiger partial charge in [0.2, 0.25) is 0 Å². The second-order valence-corrected chi connectivity index (χ2v) is 5.91. The molecule has 2 unspecified atom stereocenters. The third-order valence-electron chi connectivity index (χ3n) is 3.61. The van der Waals surface area contributed by atoms with E-state index in [1.807, 2.05) is 13.8 Å². The average molecular weight is 371 g/mol. The van der Waals surface area contributed by atoms with Crippen LogP contribution in [0.1, 0.15) is 24.5 Å². The van der Waals surface area contributed by atoms with Crippen LogP contribution >= 0.6 is 0 Å². The molecule has 1 aromatic carbocycles. The molecular formula is C15H16F3N5O3. The fourth-order valence-corrected chi connectivity index (χ4v) is 2.68. The molecule has 2 heterocycles. The molecule has 8 nitrogen and oxygen atoms in total. The highest BCUT2D eigenvalue weighted by Gasteiger charge is 2.31. The number of hydrogen-bond donors (Lipinski definition) is 0. The Morgan fingerprint density at radius 2 is 1.81 bits per heavy atom. The van der Waals surface area contributed by atoms with Crippen molar-refractivity contribution in [1.82, 2.24) is 25.1 Å². The van der Waals surface area contributed by atoms with Gasteiger partial charge in [-0.1, -0.05) is 0 Å². The minimum Gasteiger partial charge on any atom is -0.406 e. The topological polar surface area (TPSA) is 82.4 Å². The van der Waals surface area contributed by atoms with Crippen LogP contribution in [0.3, 0.4) is 0 Å². The summed E-state index contributed by atoms with van der Waals surface area (Å²) in [4.78, 5) is 15.1. The molecule has 0 bridgehead atoms. The van der Waals surface area contributed by atoms with E-state index in [9.17, 15) is 18.0 Å². The van der Waals surface area contributed by atoms with Crippen molar-refractivity contribution in [2.24, 2.45) is 0 Å². The average Bonchev–Trinajstić information content (AvgIpc) is 3.02. The summed E-state index contributed by atoms with van der Waals surface area (Å²) in [6.45, 7) is 4.57. The summed E-state index contributed by atoms with van der Waals surface area (Å²) in [5, 5.41) is 11.5. The molecule has 2 atom stereocenters. The lowest BCUT2D eigenvalue weighted by molar-refractivity contribution is -0.274. The molecule has 1 saturated heterocycles. The van der Waals surface area contributed by atoms with Crippen molar-refractivity contribution in [3.05, 3.63) is 30.1 Å². The van der Waals surface area contributed by atoms with Gasteiger partial charge in [0.15, 0.2) is 0 Å². The predicted molar refractivity (Wildman–Crippen MR) is 81.7 cm³/mol. The Balaban J connectivity index is 1.72. The zero-order valence-corrected chi connectivity index (χ0v) is 14.0. The minimum absolute atomic E-state index is 0.0954. The lowest BCUT2D eigenvalue weighted by Crippen LogP contribution is -2.48. The SMILES string of the molecule is CC1CN(C(=O)c2nnn(-c3ccc(OC(F)(F)F)cc3)n2)CC(C)O1. The van der Waals surface area contributed by atoms with E-state index in [-0.39, 0.29) is 29.7 Å². The number of halogens is 3. The van der Waals surface area contributed by atoms with Gasteiger partial charge in [-0.2, -0.15) is 0 Å². The van der Waals surface area contributed by atoms with Gasteiger partial charge < -0.3 is 14.4 Å². The van der Waals surface area contributed by atoms with Crippen LogP contribution in [-0.2, 0) is 4.74 Å². The van der Waals surface area contributed by atoms with Gasteiger partial charge in [0.1, 0.15) is 5.75 Å². The molecule has 140 valence electrons. The molecule has 0 spiro atoms. The number of carbonyl (C=O) groups excluding carboxylic acids is 1. The highest BCUT2D eigenvalue weighted by atomic mass is 19.4. The van der Waals surface area contributed by atoms with Crippen molar-refractivity contribution in [3.8, 4) is 11.4 Å². The Kier molecular flexibility index (Phi) is 4.81. The molecule has 0 radical (unpaired) electrons. The normalized spacial score (nSPS) is 20.9. The number of morpholine rings is 1. The first kappa shape index (κ1) is 18.1. The number of alkyl halides is 3. The molecule has 26 heavy (non-hydrogen) atoms. The maximum Gasteiger partial charge on any atom is 0.573 e. The summed E-state index contributed by atoms with van der Waals surface area (Å²) >= 11 is 0. The Morgan fingerprint density at radius 3 is 2.38 bits per heavy atom. The maximum atomic E-state index is 12.5. The van der Waals surface area contributed by atoms with Crippen LogP contribution in [0.5, 0.6) is 5.75 Å². The van der Waals surface area contributed by atoms with Gasteiger partial charge in [-0.15, -0.1) is 28.2 Å². The van der Waals surface area contributed by atoms with Crippen molar-refractivity contribution in [1.29, 1.82) is 0 Å². The Bertz CT molecular complexity index is 768. The number of rotatable bonds is 3. The van der Waals surface area contributed by atoms with Gasteiger partial charge in [0.25, 0.3) is 11.7 Å². The van der Waals surface area contributed by atoms with Crippen LogP contribution in [0, 0.1) is 0 Å². The van der Waals surface area contributed by atoms with E-state index in [4.69, 9.17) is 4.74 Å². The van der Waals surface area contributed by atoms with E-state index >= 15 is 0 Å². The standard InChI is InChI=1S/C15H16F3N5O3/c1-9-7-22(8-10(2)25-9)14(24)13-19-21-23(20-13)11-3-5-12(6-4-11)26-15(16,17)18/h3-6,9-10H,7-8H2,1-2H3. The van der Waals surface area contributed by atoms with E-state index in [0.29, 0.717) is 18.8 Å². The van der Waals surface area contributed by atoms with E-state index in [2.05, 4.69) is 20.1 Å². The monoisotopic (exact) mass is 371 g/mol. The predicted octanol–water partition coefficient (Wildman–Crippen LogP) is 1.81. The van der Waals surface area contributed by atoms with E-state index in [0.717, 1.165) is 16.9 Å². The van der Waals surface area contributed by atoms with E-state index < -0.39 is 6.36 Å². The number of ether oxygens (including phenoxy) is 2. The summed E-state index contributed by atoms with van der Waals surface area (Å²) in [7, 11) is 0. The smallest absolute Gasteiger partial charge is 0.406 e. The van der Waals surface area contributed by atoms with Gasteiger partial charge in [0.05, 0.1) is 17.9 Å². The molecule has 3 rings (SSSR count). The van der Waals surface area contributed by atoms with Gasteiger partial charge in [-0.05, 0) is 43.3 Å². The molecule has 1 aliphatic heterocycles. The van der Waals surface area contributed by atoms with E-state index in [1.165, 1.54) is 12.1 Å². The maximum absolute atomic E-state index is 12.5. The number of nitrogens with zero attached hydrogens (tertiary/aromatic N) is 5. The minimum atomic E-state index is -4.76. The van der Waals surface area contributed by atoms with Crippen molar-refractivity contribution in [2.75, 3.05) is 13.1 Å². The summed E-state index contributed by atoms with van der Waals surface area (Å²) in [5.74, 6) is -0.842. The highest BCUT2D eigenvalue weighted by Crippen LogP contribution is 2.23. The van der Waals surface area contributed by atoms with Crippen molar-refractivity contribution in [2.45, 2.75) is 32.4 Å². The van der Waals surface area contributed by atoms with Crippen molar-refractivity contribution < 1.29 is 27.4 Å². The molecule has 2 aromatic rings. The number of aromatic nitrogens is 4. The van der Waals surface area contributed by atoms with Gasteiger partial charge >= 0.3 is 6.36 Å². The first-order valence-electron chi connectivity index (χ1n) is 7.82. The molecule has 1 fully saturated rings. The Labute approximate surface area is 146 Å². The molecule has 1 aliphatic rings. The van der Waals surface area contributed by atoms with Crippen LogP contribution in [0.15, 0.2) is 24.3 Å². The van der Waals surface area contributed by atoms with Crippen LogP contribution in [0.4, 0.5) is 13.2 Å². The van der Waals surface area contributed by atoms with Gasteiger partial charge in [-0.3, -0.25) is 4.79 Å². The number of benzene rings is 1.